The number of ether oxygens (including phenoxy) is 1. The van der Waals surface area contributed by atoms with Crippen molar-refractivity contribution in [2.45, 2.75) is 32.1 Å². The van der Waals surface area contributed by atoms with E-state index in [-0.39, 0.29) is 23.8 Å². The highest BCUT2D eigenvalue weighted by molar-refractivity contribution is 5.71. The van der Waals surface area contributed by atoms with Crippen LogP contribution in [0.1, 0.15) is 30.0 Å². The van der Waals surface area contributed by atoms with Crippen molar-refractivity contribution >= 4 is 6.08 Å². The first-order chi connectivity index (χ1) is 19.7. The number of hydrogen-bond donors (Lipinski definition) is 0. The van der Waals surface area contributed by atoms with Crippen LogP contribution in [0.4, 0.5) is 43.9 Å². The van der Waals surface area contributed by atoms with Gasteiger partial charge in [0.15, 0.2) is 0 Å². The maximum absolute atomic E-state index is 15.0. The van der Waals surface area contributed by atoms with Crippen molar-refractivity contribution in [1.82, 2.24) is 0 Å². The third kappa shape index (κ3) is 6.95. The lowest BCUT2D eigenvalue weighted by Gasteiger charge is -2.20. The Balaban J connectivity index is 1.60. The average molecular weight is 598 g/mol. The third-order valence-corrected chi connectivity index (χ3v) is 6.18. The molecule has 0 unspecified atom stereocenters. The molecule has 0 spiro atoms. The normalized spacial score (nSPS) is 12.3. The van der Waals surface area contributed by atoms with Crippen LogP contribution in [0.3, 0.4) is 0 Å². The van der Waals surface area contributed by atoms with Crippen LogP contribution < -0.4 is 4.74 Å². The van der Waals surface area contributed by atoms with E-state index in [0.717, 1.165) is 24.5 Å². The van der Waals surface area contributed by atoms with Gasteiger partial charge in [-0.1, -0.05) is 49.7 Å². The molecule has 0 aliphatic heterocycles. The second kappa shape index (κ2) is 11.9. The zero-order valence-corrected chi connectivity index (χ0v) is 21.6. The van der Waals surface area contributed by atoms with E-state index in [0.29, 0.717) is 23.3 Å². The molecule has 1 nitrogen and oxygen atoms in total. The van der Waals surface area contributed by atoms with E-state index in [9.17, 15) is 43.9 Å². The summed E-state index contributed by atoms with van der Waals surface area (Å²) in [4.78, 5) is 0. The summed E-state index contributed by atoms with van der Waals surface area (Å²) in [6, 6.07) is 12.4. The second-order valence-corrected chi connectivity index (χ2v) is 9.25. The molecule has 0 amide bonds. The van der Waals surface area contributed by atoms with Crippen LogP contribution in [0.25, 0.3) is 28.3 Å². The Kier molecular flexibility index (Phi) is 8.70. The molecule has 4 rings (SSSR count). The number of rotatable bonds is 8. The zero-order valence-electron chi connectivity index (χ0n) is 21.6. The SMILES string of the molecule is CCCc1ccc(-c2ccc(-c3cc(F)c(C(F)(F)Oc4cc(F)c(C=CC(F)(F)F)c(F)c4)c(F)c3)c(F)c2)cc1. The first kappa shape index (κ1) is 30.7. The maximum Gasteiger partial charge on any atom is 0.432 e. The molecule has 4 aromatic carbocycles. The monoisotopic (exact) mass is 598 g/mol. The predicted octanol–water partition coefficient (Wildman–Crippen LogP) is 10.4. The van der Waals surface area contributed by atoms with Gasteiger partial charge in [0.25, 0.3) is 0 Å². The summed E-state index contributed by atoms with van der Waals surface area (Å²) in [5, 5.41) is 0. The standard InChI is InChI=1S/C31H20F10O/c1-2-3-17-4-6-18(7-5-17)19-8-9-22(24(32)12-19)20-13-27(35)29(28(36)14-20)31(40,41)42-21-15-25(33)23(26(34)16-21)10-11-30(37,38)39/h4-16H,2-3H2,1H3. The molecule has 0 atom stereocenters. The summed E-state index contributed by atoms with van der Waals surface area (Å²) in [5.74, 6) is -9.25. The Bertz CT molecular complexity index is 1580. The minimum atomic E-state index is -4.91. The van der Waals surface area contributed by atoms with Gasteiger partial charge in [0.05, 0.1) is 0 Å². The molecule has 11 heteroatoms. The topological polar surface area (TPSA) is 9.23 Å². The molecule has 0 aromatic heterocycles. The van der Waals surface area contributed by atoms with Crippen LogP contribution in [0.5, 0.6) is 5.75 Å². The number of benzene rings is 4. The fraction of sp³-hybridized carbons (Fsp3) is 0.161. The first-order valence-electron chi connectivity index (χ1n) is 12.4. The van der Waals surface area contributed by atoms with Gasteiger partial charge in [0.1, 0.15) is 40.4 Å². The Morgan fingerprint density at radius 2 is 1.19 bits per heavy atom. The molecule has 0 saturated carbocycles. The summed E-state index contributed by atoms with van der Waals surface area (Å²) in [7, 11) is 0. The molecule has 0 bridgehead atoms. The van der Waals surface area contributed by atoms with E-state index < -0.39 is 69.9 Å². The Morgan fingerprint density at radius 3 is 1.71 bits per heavy atom. The molecule has 220 valence electrons. The number of allylic oxidation sites excluding steroid dienone is 1. The molecule has 42 heavy (non-hydrogen) atoms. The fourth-order valence-electron chi connectivity index (χ4n) is 4.24. The van der Waals surface area contributed by atoms with Crippen molar-refractivity contribution in [2.24, 2.45) is 0 Å². The zero-order chi connectivity index (χ0) is 30.8. The number of hydrogen-bond acceptors (Lipinski definition) is 1. The fourth-order valence-corrected chi connectivity index (χ4v) is 4.24. The van der Waals surface area contributed by atoms with Crippen molar-refractivity contribution in [3.8, 4) is 28.0 Å². The van der Waals surface area contributed by atoms with E-state index in [4.69, 9.17) is 0 Å². The minimum Gasteiger partial charge on any atom is -0.429 e. The molecular formula is C31H20F10O. The van der Waals surface area contributed by atoms with E-state index in [1.165, 1.54) is 12.1 Å². The lowest BCUT2D eigenvalue weighted by molar-refractivity contribution is -0.189. The van der Waals surface area contributed by atoms with Crippen molar-refractivity contribution in [3.05, 3.63) is 119 Å². The van der Waals surface area contributed by atoms with Crippen LogP contribution in [0.15, 0.2) is 72.8 Å². The van der Waals surface area contributed by atoms with Gasteiger partial charge >= 0.3 is 12.3 Å². The lowest BCUT2D eigenvalue weighted by Crippen LogP contribution is -2.25. The number of alkyl halides is 5. The smallest absolute Gasteiger partial charge is 0.429 e. The van der Waals surface area contributed by atoms with E-state index in [1.54, 1.807) is 12.1 Å². The molecule has 0 heterocycles. The van der Waals surface area contributed by atoms with Crippen molar-refractivity contribution in [2.75, 3.05) is 0 Å². The molecule has 0 N–H and O–H groups in total. The van der Waals surface area contributed by atoms with E-state index >= 15 is 0 Å². The summed E-state index contributed by atoms with van der Waals surface area (Å²) in [6.07, 6.45) is -8.36. The minimum absolute atomic E-state index is 0.0412. The Hall–Kier alpha value is -4.28. The van der Waals surface area contributed by atoms with Crippen LogP contribution in [0, 0.1) is 29.1 Å². The summed E-state index contributed by atoms with van der Waals surface area (Å²) in [6.45, 7) is 2.03. The van der Waals surface area contributed by atoms with Crippen LogP contribution in [-0.4, -0.2) is 6.18 Å². The molecule has 0 aliphatic rings. The first-order valence-corrected chi connectivity index (χ1v) is 12.4. The highest BCUT2D eigenvalue weighted by Crippen LogP contribution is 2.39. The van der Waals surface area contributed by atoms with Gasteiger partial charge in [0, 0.05) is 29.3 Å². The highest BCUT2D eigenvalue weighted by Gasteiger charge is 2.41. The second-order valence-electron chi connectivity index (χ2n) is 9.25. The Morgan fingerprint density at radius 1 is 0.643 bits per heavy atom. The summed E-state index contributed by atoms with van der Waals surface area (Å²) in [5.41, 5.74) is -1.59. The Labute approximate surface area is 233 Å². The molecular weight excluding hydrogens is 578 g/mol. The predicted molar refractivity (Wildman–Crippen MR) is 137 cm³/mol. The third-order valence-electron chi connectivity index (χ3n) is 6.18. The molecule has 4 aromatic rings. The van der Waals surface area contributed by atoms with Gasteiger partial charge in [0.2, 0.25) is 0 Å². The molecule has 0 aliphatic carbocycles. The largest absolute Gasteiger partial charge is 0.432 e. The molecule has 0 fully saturated rings. The highest BCUT2D eigenvalue weighted by atomic mass is 19.4. The van der Waals surface area contributed by atoms with Crippen molar-refractivity contribution in [3.63, 3.8) is 0 Å². The number of aryl methyl sites for hydroxylation is 1. The van der Waals surface area contributed by atoms with Gasteiger partial charge in [-0.15, -0.1) is 0 Å². The maximum atomic E-state index is 15.0. The van der Waals surface area contributed by atoms with Gasteiger partial charge in [-0.2, -0.15) is 22.0 Å². The van der Waals surface area contributed by atoms with Gasteiger partial charge < -0.3 is 4.74 Å². The van der Waals surface area contributed by atoms with Gasteiger partial charge in [-0.3, -0.25) is 0 Å². The lowest BCUT2D eigenvalue weighted by atomic mass is 9.97. The number of halogens is 10. The van der Waals surface area contributed by atoms with Crippen molar-refractivity contribution in [1.29, 1.82) is 0 Å². The van der Waals surface area contributed by atoms with E-state index in [1.807, 2.05) is 19.1 Å². The summed E-state index contributed by atoms with van der Waals surface area (Å²) < 4.78 is 143. The summed E-state index contributed by atoms with van der Waals surface area (Å²) >= 11 is 0. The molecule has 0 saturated heterocycles. The van der Waals surface area contributed by atoms with Gasteiger partial charge in [-0.25, -0.2) is 22.0 Å². The quantitative estimate of drug-likeness (QED) is 0.184. The van der Waals surface area contributed by atoms with Crippen molar-refractivity contribution < 1.29 is 48.6 Å². The van der Waals surface area contributed by atoms with Crippen LogP contribution >= 0.6 is 0 Å². The molecule has 0 radical (unpaired) electrons. The average Bonchev–Trinajstić information content (AvgIpc) is 2.87. The van der Waals surface area contributed by atoms with E-state index in [2.05, 4.69) is 4.74 Å². The van der Waals surface area contributed by atoms with Crippen LogP contribution in [0.2, 0.25) is 0 Å². The van der Waals surface area contributed by atoms with Crippen LogP contribution in [-0.2, 0) is 12.5 Å². The van der Waals surface area contributed by atoms with Gasteiger partial charge in [-0.05, 0) is 52.9 Å².